The van der Waals surface area contributed by atoms with Crippen LogP contribution in [0, 0.1) is 0 Å². The number of nitrogens with two attached hydrogens (primary N) is 1. The number of ether oxygens (including phenoxy) is 1. The average Bonchev–Trinajstić information content (AvgIpc) is 2.67. The predicted octanol–water partition coefficient (Wildman–Crippen LogP) is 2.72. The molecule has 2 aromatic carbocycles. The molecular weight excluding hydrogens is 416 g/mol. The minimum atomic E-state index is -0.956. The molecule has 8 nitrogen and oxygen atoms in total. The Morgan fingerprint density at radius 3 is 2.69 bits per heavy atom. The Balaban J connectivity index is 2.22. The summed E-state index contributed by atoms with van der Waals surface area (Å²) in [5, 5.41) is 2.29. The highest BCUT2D eigenvalue weighted by Crippen LogP contribution is 2.29. The van der Waals surface area contributed by atoms with E-state index in [4.69, 9.17) is 22.1 Å². The average molecular weight is 433 g/mol. The molecule has 0 saturated carbocycles. The van der Waals surface area contributed by atoms with E-state index in [1.165, 1.54) is 11.7 Å². The number of hydrogen-bond donors (Lipinski definition) is 2. The molecule has 3 rings (SSSR count). The summed E-state index contributed by atoms with van der Waals surface area (Å²) in [6, 6.07) is 10.8. The van der Waals surface area contributed by atoms with Gasteiger partial charge in [0.15, 0.2) is 5.16 Å². The second-order valence-corrected chi connectivity index (χ2v) is 7.73. The van der Waals surface area contributed by atoms with Crippen molar-refractivity contribution in [2.24, 2.45) is 5.73 Å². The first-order chi connectivity index (χ1) is 13.8. The fraction of sp³-hybridized carbons (Fsp3) is 0.158. The molecule has 150 valence electrons. The number of nitrogens with zero attached hydrogens (tertiary/aromatic N) is 2. The van der Waals surface area contributed by atoms with E-state index in [-0.39, 0.29) is 10.7 Å². The number of carbonyl (C=O) groups excluding carboxylic acids is 2. The highest BCUT2D eigenvalue weighted by Gasteiger charge is 2.22. The number of rotatable bonds is 5. The minimum absolute atomic E-state index is 0.237. The summed E-state index contributed by atoms with van der Waals surface area (Å²) in [4.78, 5) is 41.0. The molecule has 0 aliphatic carbocycles. The number of fused-ring (bicyclic) bond motifs is 1. The molecule has 3 aromatic rings. The van der Waals surface area contributed by atoms with Crippen molar-refractivity contribution in [2.45, 2.75) is 17.3 Å². The predicted molar refractivity (Wildman–Crippen MR) is 112 cm³/mol. The maximum atomic E-state index is 13.3. The van der Waals surface area contributed by atoms with E-state index in [1.54, 1.807) is 49.4 Å². The number of amides is 3. The molecule has 1 aromatic heterocycles. The summed E-state index contributed by atoms with van der Waals surface area (Å²) in [7, 11) is 1.49. The van der Waals surface area contributed by atoms with Crippen LogP contribution in [0.4, 0.5) is 4.79 Å². The molecule has 0 bridgehead atoms. The van der Waals surface area contributed by atoms with Crippen molar-refractivity contribution in [3.05, 3.63) is 57.8 Å². The molecule has 1 heterocycles. The number of primary amides is 1. The van der Waals surface area contributed by atoms with E-state index in [9.17, 15) is 14.4 Å². The Bertz CT molecular complexity index is 1160. The van der Waals surface area contributed by atoms with E-state index in [1.807, 2.05) is 5.32 Å². The SMILES string of the molecule is COc1ccccc1-n1c(SC(C)C(=O)NC(N)=O)nc2cc(Cl)ccc2c1=O. The van der Waals surface area contributed by atoms with Gasteiger partial charge >= 0.3 is 6.03 Å². The molecule has 0 saturated heterocycles. The fourth-order valence-electron chi connectivity index (χ4n) is 2.68. The molecular formula is C19H17ClN4O4S. The van der Waals surface area contributed by atoms with E-state index in [0.717, 1.165) is 11.8 Å². The lowest BCUT2D eigenvalue weighted by molar-refractivity contribution is -0.119. The number of thioether (sulfide) groups is 1. The third-order valence-corrected chi connectivity index (χ3v) is 5.31. The van der Waals surface area contributed by atoms with Crippen molar-refractivity contribution in [1.29, 1.82) is 0 Å². The molecule has 0 fully saturated rings. The van der Waals surface area contributed by atoms with Gasteiger partial charge in [-0.25, -0.2) is 9.78 Å². The van der Waals surface area contributed by atoms with E-state index in [0.29, 0.717) is 27.4 Å². The summed E-state index contributed by atoms with van der Waals surface area (Å²) >= 11 is 7.05. The molecule has 0 radical (unpaired) electrons. The lowest BCUT2D eigenvalue weighted by atomic mass is 10.2. The van der Waals surface area contributed by atoms with Gasteiger partial charge in [-0.15, -0.1) is 0 Å². The third kappa shape index (κ3) is 4.36. The zero-order valence-corrected chi connectivity index (χ0v) is 17.1. The standard InChI is InChI=1S/C19H17ClN4O4S/c1-10(16(25)23-18(21)27)29-19-22-13-9-11(20)7-8-12(13)17(26)24(19)14-5-3-4-6-15(14)28-2/h3-10H,1-2H3,(H3,21,23,25,27). The quantitative estimate of drug-likeness (QED) is 0.473. The molecule has 0 aliphatic rings. The summed E-state index contributed by atoms with van der Waals surface area (Å²) in [6.45, 7) is 1.57. The van der Waals surface area contributed by atoms with E-state index >= 15 is 0 Å². The Kier molecular flexibility index (Phi) is 6.09. The first-order valence-corrected chi connectivity index (χ1v) is 9.70. The zero-order chi connectivity index (χ0) is 21.1. The smallest absolute Gasteiger partial charge is 0.318 e. The summed E-state index contributed by atoms with van der Waals surface area (Å²) in [5.41, 5.74) is 5.52. The number of para-hydroxylation sites is 2. The topological polar surface area (TPSA) is 116 Å². The second-order valence-electron chi connectivity index (χ2n) is 5.98. The summed E-state index contributed by atoms with van der Waals surface area (Å²) in [5.74, 6) is -0.143. The first kappa shape index (κ1) is 20.7. The molecule has 3 N–H and O–H groups in total. The van der Waals surface area contributed by atoms with Crippen LogP contribution in [-0.4, -0.2) is 33.8 Å². The van der Waals surface area contributed by atoms with Gasteiger partial charge in [-0.3, -0.25) is 19.5 Å². The number of benzene rings is 2. The van der Waals surface area contributed by atoms with Crippen LogP contribution in [0.2, 0.25) is 5.02 Å². The number of hydrogen-bond acceptors (Lipinski definition) is 6. The number of aromatic nitrogens is 2. The second kappa shape index (κ2) is 8.54. The first-order valence-electron chi connectivity index (χ1n) is 8.44. The van der Waals surface area contributed by atoms with Crippen molar-refractivity contribution < 1.29 is 14.3 Å². The molecule has 3 amide bonds. The lowest BCUT2D eigenvalue weighted by Gasteiger charge is -2.17. The van der Waals surface area contributed by atoms with Crippen molar-refractivity contribution in [2.75, 3.05) is 7.11 Å². The van der Waals surface area contributed by atoms with E-state index in [2.05, 4.69) is 4.98 Å². The van der Waals surface area contributed by atoms with Gasteiger partial charge in [0.05, 0.1) is 29.0 Å². The molecule has 29 heavy (non-hydrogen) atoms. The Morgan fingerprint density at radius 2 is 2.00 bits per heavy atom. The van der Waals surface area contributed by atoms with Gasteiger partial charge in [0, 0.05) is 5.02 Å². The van der Waals surface area contributed by atoms with Gasteiger partial charge in [-0.05, 0) is 37.3 Å². The van der Waals surface area contributed by atoms with Crippen molar-refractivity contribution in [3.63, 3.8) is 0 Å². The Morgan fingerprint density at radius 1 is 1.28 bits per heavy atom. The van der Waals surface area contributed by atoms with Crippen LogP contribution in [0.5, 0.6) is 5.75 Å². The van der Waals surface area contributed by atoms with Crippen LogP contribution in [0.25, 0.3) is 16.6 Å². The normalized spacial score (nSPS) is 11.8. The number of nitrogens with one attached hydrogen (secondary N) is 1. The number of urea groups is 1. The van der Waals surface area contributed by atoms with Gasteiger partial charge in [0.1, 0.15) is 5.75 Å². The molecule has 0 spiro atoms. The summed E-state index contributed by atoms with van der Waals surface area (Å²) < 4.78 is 6.76. The van der Waals surface area contributed by atoms with Gasteiger partial charge in [0.25, 0.3) is 5.56 Å². The zero-order valence-electron chi connectivity index (χ0n) is 15.5. The number of carbonyl (C=O) groups is 2. The molecule has 1 atom stereocenters. The molecule has 10 heteroatoms. The largest absolute Gasteiger partial charge is 0.495 e. The fourth-order valence-corrected chi connectivity index (χ4v) is 3.77. The third-order valence-electron chi connectivity index (χ3n) is 4.02. The number of halogens is 1. The maximum absolute atomic E-state index is 13.3. The molecule has 1 unspecified atom stereocenters. The van der Waals surface area contributed by atoms with Crippen LogP contribution in [0.3, 0.4) is 0 Å². The Labute approximate surface area is 175 Å². The highest BCUT2D eigenvalue weighted by atomic mass is 35.5. The number of imide groups is 1. The minimum Gasteiger partial charge on any atom is -0.495 e. The maximum Gasteiger partial charge on any atom is 0.318 e. The highest BCUT2D eigenvalue weighted by molar-refractivity contribution is 8.00. The van der Waals surface area contributed by atoms with Crippen LogP contribution < -0.4 is 21.3 Å². The van der Waals surface area contributed by atoms with Gasteiger partial charge in [-0.2, -0.15) is 0 Å². The summed E-state index contributed by atoms with van der Waals surface area (Å²) in [6.07, 6.45) is 0. The Hall–Kier alpha value is -3.04. The molecule has 0 aliphatic heterocycles. The van der Waals surface area contributed by atoms with Gasteiger partial charge in [0.2, 0.25) is 5.91 Å². The van der Waals surface area contributed by atoms with Gasteiger partial charge in [-0.1, -0.05) is 35.5 Å². The van der Waals surface area contributed by atoms with Crippen LogP contribution in [0.15, 0.2) is 52.4 Å². The van der Waals surface area contributed by atoms with Crippen LogP contribution >= 0.6 is 23.4 Å². The van der Waals surface area contributed by atoms with Crippen LogP contribution in [0.1, 0.15) is 6.92 Å². The van der Waals surface area contributed by atoms with Crippen molar-refractivity contribution >= 4 is 46.2 Å². The van der Waals surface area contributed by atoms with Crippen LogP contribution in [-0.2, 0) is 4.79 Å². The number of methoxy groups -OCH3 is 1. The van der Waals surface area contributed by atoms with E-state index < -0.39 is 17.2 Å². The lowest BCUT2D eigenvalue weighted by Crippen LogP contribution is -2.39. The van der Waals surface area contributed by atoms with Gasteiger partial charge < -0.3 is 10.5 Å². The van der Waals surface area contributed by atoms with Crippen molar-refractivity contribution in [3.8, 4) is 11.4 Å². The van der Waals surface area contributed by atoms with Crippen molar-refractivity contribution in [1.82, 2.24) is 14.9 Å². The monoisotopic (exact) mass is 432 g/mol.